The smallest absolute Gasteiger partial charge is 0.263 e. The molecule has 2 fully saturated rings. The van der Waals surface area contributed by atoms with Crippen molar-refractivity contribution in [2.75, 3.05) is 53.6 Å². The first-order chi connectivity index (χ1) is 28.0. The SMILES string of the molecule is CC(=O)c1c(C)c2cnc(Nc3ccc(N4CCN(C(=O)CCCCCNc5cccc(C(=O)Nc6nc(C)c(C)s6)c5C)CC4)cn3)nc2n(C2CCCC2)c1=O. The molecule has 15 heteroatoms. The summed E-state index contributed by atoms with van der Waals surface area (Å²) in [6, 6.07) is 9.58. The first-order valence-corrected chi connectivity index (χ1v) is 21.1. The molecule has 1 aliphatic carbocycles. The highest BCUT2D eigenvalue weighted by molar-refractivity contribution is 7.15. The average Bonchev–Trinajstić information content (AvgIpc) is 3.85. The van der Waals surface area contributed by atoms with Crippen LogP contribution in [0.5, 0.6) is 0 Å². The lowest BCUT2D eigenvalue weighted by molar-refractivity contribution is -0.131. The minimum Gasteiger partial charge on any atom is -0.385 e. The standard InChI is InChI=1S/C43H52N10O4S/c1-26-33(40(56)50-43-47-28(3)30(5)58-43)14-11-15-35(26)44-19-10-6-7-16-37(55)52-22-20-51(21-23-52)32-17-18-36(45-24-32)48-42-46-25-34-27(2)38(29(4)54)41(57)53(39(34)49-42)31-12-8-9-13-31/h11,14-15,17-18,24-25,31,44H,6-10,12-13,16,19-23H2,1-5H3,(H,47,50,56)(H,45,46,48,49). The number of hydrogen-bond donors (Lipinski definition) is 3. The number of carbonyl (C=O) groups is 3. The molecule has 1 aliphatic heterocycles. The Morgan fingerprint density at radius 2 is 1.66 bits per heavy atom. The molecule has 58 heavy (non-hydrogen) atoms. The number of nitrogens with one attached hydrogen (secondary N) is 3. The Morgan fingerprint density at radius 3 is 2.34 bits per heavy atom. The van der Waals surface area contributed by atoms with Crippen LogP contribution < -0.4 is 26.4 Å². The van der Waals surface area contributed by atoms with Gasteiger partial charge in [-0.2, -0.15) is 4.98 Å². The molecule has 0 spiro atoms. The van der Waals surface area contributed by atoms with Gasteiger partial charge in [-0.05, 0) is 95.7 Å². The molecule has 2 amide bonds. The van der Waals surface area contributed by atoms with Gasteiger partial charge in [0.15, 0.2) is 10.9 Å². The van der Waals surface area contributed by atoms with Crippen molar-refractivity contribution in [3.05, 3.63) is 85.9 Å². The zero-order valence-corrected chi connectivity index (χ0v) is 34.8. The zero-order valence-electron chi connectivity index (χ0n) is 34.0. The predicted octanol–water partition coefficient (Wildman–Crippen LogP) is 7.51. The van der Waals surface area contributed by atoms with Crippen LogP contribution in [-0.2, 0) is 4.79 Å². The largest absolute Gasteiger partial charge is 0.385 e. The summed E-state index contributed by atoms with van der Waals surface area (Å²) in [4.78, 5) is 75.6. The molecule has 7 rings (SSSR count). The predicted molar refractivity (Wildman–Crippen MR) is 230 cm³/mol. The molecule has 14 nitrogen and oxygen atoms in total. The van der Waals surface area contributed by atoms with Gasteiger partial charge in [0, 0.05) is 72.9 Å². The molecule has 1 aromatic carbocycles. The maximum Gasteiger partial charge on any atom is 0.263 e. The monoisotopic (exact) mass is 804 g/mol. The van der Waals surface area contributed by atoms with E-state index in [4.69, 9.17) is 4.98 Å². The normalized spacial score (nSPS) is 14.6. The molecule has 0 atom stereocenters. The number of anilines is 5. The lowest BCUT2D eigenvalue weighted by Crippen LogP contribution is -2.48. The first kappa shape index (κ1) is 40.5. The maximum atomic E-state index is 13.6. The molecule has 0 bridgehead atoms. The third kappa shape index (κ3) is 8.89. The van der Waals surface area contributed by atoms with E-state index < -0.39 is 0 Å². The molecule has 5 aromatic rings. The molecular weight excluding hydrogens is 753 g/mol. The number of rotatable bonds is 14. The van der Waals surface area contributed by atoms with Crippen molar-refractivity contribution < 1.29 is 14.4 Å². The lowest BCUT2D eigenvalue weighted by atomic mass is 10.0. The first-order valence-electron chi connectivity index (χ1n) is 20.3. The number of aryl methyl sites for hydroxylation is 3. The van der Waals surface area contributed by atoms with Gasteiger partial charge in [0.05, 0.1) is 23.1 Å². The number of carbonyl (C=O) groups excluding carboxylic acids is 3. The van der Waals surface area contributed by atoms with Gasteiger partial charge in [-0.25, -0.2) is 15.0 Å². The molecule has 4 aromatic heterocycles. The number of unbranched alkanes of at least 4 members (excludes halogenated alkanes) is 2. The zero-order chi connectivity index (χ0) is 40.9. The fraction of sp³-hybridized carbons (Fsp3) is 0.442. The van der Waals surface area contributed by atoms with E-state index in [9.17, 15) is 19.2 Å². The van der Waals surface area contributed by atoms with Crippen LogP contribution in [0, 0.1) is 27.7 Å². The van der Waals surface area contributed by atoms with E-state index in [-0.39, 0.29) is 34.8 Å². The Kier molecular flexibility index (Phi) is 12.5. The minimum atomic E-state index is -0.279. The summed E-state index contributed by atoms with van der Waals surface area (Å²) in [7, 11) is 0. The number of Topliss-reactive ketones (excluding diaryl/α,β-unsaturated/α-hetero) is 1. The Balaban J connectivity index is 0.854. The number of nitrogens with zero attached hydrogens (tertiary/aromatic N) is 7. The number of pyridine rings is 2. The van der Waals surface area contributed by atoms with E-state index in [1.807, 2.05) is 62.2 Å². The van der Waals surface area contributed by atoms with E-state index in [0.717, 1.165) is 92.1 Å². The van der Waals surface area contributed by atoms with E-state index in [2.05, 4.69) is 35.8 Å². The molecule has 3 N–H and O–H groups in total. The van der Waals surface area contributed by atoms with Crippen molar-refractivity contribution in [1.29, 1.82) is 0 Å². The Bertz CT molecular complexity index is 2360. The van der Waals surface area contributed by atoms with Crippen LogP contribution in [0.3, 0.4) is 0 Å². The second-order valence-corrected chi connectivity index (χ2v) is 16.5. The second kappa shape index (κ2) is 17.8. The molecule has 1 saturated carbocycles. The summed E-state index contributed by atoms with van der Waals surface area (Å²) in [5, 5.41) is 10.9. The van der Waals surface area contributed by atoms with Crippen molar-refractivity contribution in [3.8, 4) is 0 Å². The van der Waals surface area contributed by atoms with Gasteiger partial charge in [0.2, 0.25) is 11.9 Å². The molecule has 5 heterocycles. The van der Waals surface area contributed by atoms with Crippen LogP contribution in [-0.4, -0.2) is 79.7 Å². The Labute approximate surface area is 342 Å². The summed E-state index contributed by atoms with van der Waals surface area (Å²) in [6.07, 6.45) is 10.5. The number of thiazole rings is 1. The van der Waals surface area contributed by atoms with Crippen LogP contribution in [0.4, 0.5) is 28.3 Å². The van der Waals surface area contributed by atoms with Crippen LogP contribution in [0.25, 0.3) is 11.0 Å². The summed E-state index contributed by atoms with van der Waals surface area (Å²) in [6.45, 7) is 12.6. The third-order valence-electron chi connectivity index (χ3n) is 11.4. The quantitative estimate of drug-likeness (QED) is 0.0751. The second-order valence-electron chi connectivity index (χ2n) is 15.3. The van der Waals surface area contributed by atoms with Gasteiger partial charge in [-0.3, -0.25) is 29.1 Å². The number of benzene rings is 1. The van der Waals surface area contributed by atoms with Crippen LogP contribution in [0.2, 0.25) is 0 Å². The van der Waals surface area contributed by atoms with Crippen molar-refractivity contribution in [2.24, 2.45) is 0 Å². The highest BCUT2D eigenvalue weighted by Gasteiger charge is 2.26. The lowest BCUT2D eigenvalue weighted by Gasteiger charge is -2.36. The third-order valence-corrected chi connectivity index (χ3v) is 12.4. The van der Waals surface area contributed by atoms with Crippen LogP contribution >= 0.6 is 11.3 Å². The van der Waals surface area contributed by atoms with Gasteiger partial charge in [0.25, 0.3) is 11.5 Å². The molecular formula is C43H52N10O4S. The van der Waals surface area contributed by atoms with Gasteiger partial charge >= 0.3 is 0 Å². The Hall–Kier alpha value is -5.70. The molecule has 304 valence electrons. The number of aromatic nitrogens is 5. The van der Waals surface area contributed by atoms with Crippen LogP contribution in [0.1, 0.15) is 107 Å². The fourth-order valence-corrected chi connectivity index (χ4v) is 8.82. The molecule has 2 aliphatic rings. The van der Waals surface area contributed by atoms with E-state index in [1.54, 1.807) is 17.7 Å². The highest BCUT2D eigenvalue weighted by atomic mass is 32.1. The number of ketones is 1. The van der Waals surface area contributed by atoms with Crippen LogP contribution in [0.15, 0.2) is 47.5 Å². The summed E-state index contributed by atoms with van der Waals surface area (Å²) in [5.41, 5.74) is 5.42. The van der Waals surface area contributed by atoms with Gasteiger partial charge in [-0.1, -0.05) is 25.3 Å². The molecule has 1 saturated heterocycles. The maximum absolute atomic E-state index is 13.6. The summed E-state index contributed by atoms with van der Waals surface area (Å²) < 4.78 is 1.71. The summed E-state index contributed by atoms with van der Waals surface area (Å²) in [5.74, 6) is 0.677. The van der Waals surface area contributed by atoms with Gasteiger partial charge in [0.1, 0.15) is 11.5 Å². The van der Waals surface area contributed by atoms with Crippen molar-refractivity contribution in [3.63, 3.8) is 0 Å². The number of piperazine rings is 1. The molecule has 0 radical (unpaired) electrons. The number of hydrogen-bond acceptors (Lipinski definition) is 12. The number of amides is 2. The van der Waals surface area contributed by atoms with Crippen molar-refractivity contribution in [2.45, 2.75) is 92.0 Å². The topological polar surface area (TPSA) is 167 Å². The van der Waals surface area contributed by atoms with Crippen molar-refractivity contribution in [1.82, 2.24) is 29.4 Å². The van der Waals surface area contributed by atoms with Gasteiger partial charge in [-0.15, -0.1) is 11.3 Å². The van der Waals surface area contributed by atoms with Gasteiger partial charge < -0.3 is 20.4 Å². The number of fused-ring (bicyclic) bond motifs is 1. The van der Waals surface area contributed by atoms with E-state index in [1.165, 1.54) is 18.3 Å². The van der Waals surface area contributed by atoms with E-state index >= 15 is 0 Å². The highest BCUT2D eigenvalue weighted by Crippen LogP contribution is 2.32. The van der Waals surface area contributed by atoms with Crippen molar-refractivity contribution >= 4 is 68.2 Å². The summed E-state index contributed by atoms with van der Waals surface area (Å²) >= 11 is 1.48. The average molecular weight is 805 g/mol. The fourth-order valence-electron chi connectivity index (χ4n) is 8.01. The minimum absolute atomic E-state index is 0.00459. The molecule has 0 unspecified atom stereocenters. The van der Waals surface area contributed by atoms with E-state index in [0.29, 0.717) is 58.6 Å². The Morgan fingerprint density at radius 1 is 0.879 bits per heavy atom.